The number of carbonyl (C=O) groups is 1. The molecule has 0 aliphatic carbocycles. The highest BCUT2D eigenvalue weighted by molar-refractivity contribution is 7.89. The fraction of sp³-hybridized carbons (Fsp3) is 0.382. The summed E-state index contributed by atoms with van der Waals surface area (Å²) < 4.78 is 39.8. The lowest BCUT2D eigenvalue weighted by atomic mass is 9.87. The smallest absolute Gasteiger partial charge is 0.243 e. The van der Waals surface area contributed by atoms with Gasteiger partial charge in [0.05, 0.1) is 25.7 Å². The number of fused-ring (bicyclic) bond motifs is 1. The van der Waals surface area contributed by atoms with E-state index in [1.165, 1.54) is 4.31 Å². The molecule has 8 nitrogen and oxygen atoms in total. The van der Waals surface area contributed by atoms with E-state index in [2.05, 4.69) is 31.8 Å². The third kappa shape index (κ3) is 7.40. The van der Waals surface area contributed by atoms with E-state index in [0.717, 1.165) is 27.6 Å². The maximum absolute atomic E-state index is 14.0. The molecule has 0 saturated heterocycles. The molecule has 0 radical (unpaired) electrons. The van der Waals surface area contributed by atoms with Crippen molar-refractivity contribution in [2.24, 2.45) is 0 Å². The van der Waals surface area contributed by atoms with Crippen molar-refractivity contribution in [1.29, 1.82) is 0 Å². The first-order valence-electron chi connectivity index (χ1n) is 14.5. The number of amides is 1. The molecule has 9 heteroatoms. The van der Waals surface area contributed by atoms with Gasteiger partial charge in [0.2, 0.25) is 15.9 Å². The van der Waals surface area contributed by atoms with Gasteiger partial charge in [-0.15, -0.1) is 0 Å². The van der Waals surface area contributed by atoms with E-state index in [0.29, 0.717) is 24.5 Å². The average molecular weight is 606 g/mol. The number of sulfonamides is 1. The van der Waals surface area contributed by atoms with Crippen molar-refractivity contribution in [3.8, 4) is 11.5 Å². The minimum atomic E-state index is -3.93. The Bertz CT molecular complexity index is 1650. The fourth-order valence-corrected chi connectivity index (χ4v) is 6.71. The third-order valence-corrected chi connectivity index (χ3v) is 9.73. The van der Waals surface area contributed by atoms with Crippen LogP contribution in [0.25, 0.3) is 10.9 Å². The van der Waals surface area contributed by atoms with E-state index < -0.39 is 16.1 Å². The normalized spacial score (nSPS) is 12.2. The van der Waals surface area contributed by atoms with Crippen LogP contribution in [0.15, 0.2) is 77.8 Å². The van der Waals surface area contributed by atoms with Gasteiger partial charge in [0.1, 0.15) is 0 Å². The summed E-state index contributed by atoms with van der Waals surface area (Å²) in [4.78, 5) is 19.2. The van der Waals surface area contributed by atoms with Gasteiger partial charge in [0.25, 0.3) is 0 Å². The second kappa shape index (κ2) is 13.2. The number of rotatable bonds is 12. The van der Waals surface area contributed by atoms with Gasteiger partial charge in [-0.1, -0.05) is 57.2 Å². The van der Waals surface area contributed by atoms with Crippen LogP contribution < -0.4 is 9.47 Å². The first-order chi connectivity index (χ1) is 20.3. The standard InChI is InChI=1S/C34H43N3O5S/c1-24(2)37(43(39,40)28-15-13-27(14-16-28)34(3,4)5)23-33(38)36(22-25-12-17-31(41-6)32(20-25)42-7)19-18-26-21-35-30-11-9-8-10-29(26)30/h8-17,20-21,24,35H,18-19,22-23H2,1-7H3. The Labute approximate surface area is 255 Å². The summed E-state index contributed by atoms with van der Waals surface area (Å²) in [6, 6.07) is 20.1. The highest BCUT2D eigenvalue weighted by Gasteiger charge is 2.31. The lowest BCUT2D eigenvalue weighted by Gasteiger charge is -2.30. The van der Waals surface area contributed by atoms with Gasteiger partial charge >= 0.3 is 0 Å². The quantitative estimate of drug-likeness (QED) is 0.209. The molecule has 1 aromatic heterocycles. The van der Waals surface area contributed by atoms with Crippen LogP contribution in [0.1, 0.15) is 51.3 Å². The number of nitrogens with zero attached hydrogens (tertiary/aromatic N) is 2. The van der Waals surface area contributed by atoms with Gasteiger partial charge in [-0.05, 0) is 72.7 Å². The minimum absolute atomic E-state index is 0.106. The number of aromatic amines is 1. The van der Waals surface area contributed by atoms with E-state index in [1.54, 1.807) is 45.1 Å². The summed E-state index contributed by atoms with van der Waals surface area (Å²) in [7, 11) is -0.780. The number of H-pyrrole nitrogens is 1. The van der Waals surface area contributed by atoms with Crippen LogP contribution in [0.2, 0.25) is 0 Å². The van der Waals surface area contributed by atoms with Gasteiger partial charge in [-0.3, -0.25) is 4.79 Å². The molecule has 0 atom stereocenters. The Morgan fingerprint density at radius 2 is 1.60 bits per heavy atom. The van der Waals surface area contributed by atoms with Gasteiger partial charge in [0.15, 0.2) is 11.5 Å². The predicted octanol–water partition coefficient (Wildman–Crippen LogP) is 6.15. The minimum Gasteiger partial charge on any atom is -0.493 e. The number of hydrogen-bond acceptors (Lipinski definition) is 5. The first kappa shape index (κ1) is 32.1. The van der Waals surface area contributed by atoms with Crippen LogP contribution in [-0.4, -0.2) is 61.9 Å². The number of ether oxygens (including phenoxy) is 2. The highest BCUT2D eigenvalue weighted by atomic mass is 32.2. The number of methoxy groups -OCH3 is 2. The molecule has 4 aromatic rings. The topological polar surface area (TPSA) is 91.9 Å². The monoisotopic (exact) mass is 605 g/mol. The van der Waals surface area contributed by atoms with Crippen LogP contribution in [0.3, 0.4) is 0 Å². The second-order valence-corrected chi connectivity index (χ2v) is 13.9. The van der Waals surface area contributed by atoms with Crippen LogP contribution in [0.5, 0.6) is 11.5 Å². The molecule has 3 aromatic carbocycles. The zero-order valence-electron chi connectivity index (χ0n) is 26.2. The molecule has 1 amide bonds. The van der Waals surface area contributed by atoms with Crippen molar-refractivity contribution >= 4 is 26.8 Å². The molecule has 0 unspecified atom stereocenters. The van der Waals surface area contributed by atoms with Gasteiger partial charge in [-0.25, -0.2) is 8.42 Å². The molecule has 0 aliphatic heterocycles. The molecule has 43 heavy (non-hydrogen) atoms. The number of aromatic nitrogens is 1. The Balaban J connectivity index is 1.62. The largest absolute Gasteiger partial charge is 0.493 e. The Morgan fingerprint density at radius 3 is 2.23 bits per heavy atom. The SMILES string of the molecule is COc1ccc(CN(CCc2c[nH]c3ccccc23)C(=O)CN(C(C)C)S(=O)(=O)c2ccc(C(C)(C)C)cc2)cc1OC. The number of benzene rings is 3. The highest BCUT2D eigenvalue weighted by Crippen LogP contribution is 2.29. The summed E-state index contributed by atoms with van der Waals surface area (Å²) in [5.74, 6) is 0.879. The molecule has 0 saturated carbocycles. The Morgan fingerprint density at radius 1 is 0.930 bits per heavy atom. The van der Waals surface area contributed by atoms with Crippen molar-refractivity contribution in [1.82, 2.24) is 14.2 Å². The van der Waals surface area contributed by atoms with Crippen molar-refractivity contribution in [2.75, 3.05) is 27.3 Å². The van der Waals surface area contributed by atoms with Crippen molar-refractivity contribution in [3.63, 3.8) is 0 Å². The molecular formula is C34H43N3O5S. The van der Waals surface area contributed by atoms with E-state index in [4.69, 9.17) is 9.47 Å². The van der Waals surface area contributed by atoms with Crippen molar-refractivity contribution in [2.45, 2.75) is 63.9 Å². The summed E-state index contributed by atoms with van der Waals surface area (Å²) in [5.41, 5.74) is 3.90. The molecule has 0 spiro atoms. The molecule has 4 rings (SSSR count). The summed E-state index contributed by atoms with van der Waals surface area (Å²) in [6.45, 7) is 10.2. The summed E-state index contributed by atoms with van der Waals surface area (Å²) in [5, 5.41) is 1.10. The average Bonchev–Trinajstić information content (AvgIpc) is 3.40. The summed E-state index contributed by atoms with van der Waals surface area (Å²) >= 11 is 0. The van der Waals surface area contributed by atoms with Gasteiger partial charge in [-0.2, -0.15) is 4.31 Å². The molecule has 0 aliphatic rings. The van der Waals surface area contributed by atoms with E-state index in [1.807, 2.05) is 54.7 Å². The molecule has 1 N–H and O–H groups in total. The molecule has 0 bridgehead atoms. The zero-order valence-corrected chi connectivity index (χ0v) is 27.0. The van der Waals surface area contributed by atoms with Gasteiger partial charge < -0.3 is 19.4 Å². The van der Waals surface area contributed by atoms with Crippen molar-refractivity contribution in [3.05, 3.63) is 89.6 Å². The molecular weight excluding hydrogens is 562 g/mol. The van der Waals surface area contributed by atoms with Crippen LogP contribution >= 0.6 is 0 Å². The van der Waals surface area contributed by atoms with E-state index in [-0.39, 0.29) is 29.3 Å². The van der Waals surface area contributed by atoms with Crippen LogP contribution in [0, 0.1) is 0 Å². The number of hydrogen-bond donors (Lipinski definition) is 1. The van der Waals surface area contributed by atoms with Gasteiger partial charge in [0, 0.05) is 36.2 Å². The van der Waals surface area contributed by atoms with Crippen LogP contribution in [0.4, 0.5) is 0 Å². The fourth-order valence-electron chi connectivity index (χ4n) is 5.13. The Kier molecular flexibility index (Phi) is 9.87. The zero-order chi connectivity index (χ0) is 31.4. The maximum Gasteiger partial charge on any atom is 0.243 e. The van der Waals surface area contributed by atoms with Crippen molar-refractivity contribution < 1.29 is 22.7 Å². The number of carbonyl (C=O) groups excluding carboxylic acids is 1. The van der Waals surface area contributed by atoms with Crippen LogP contribution in [-0.2, 0) is 33.2 Å². The predicted molar refractivity (Wildman–Crippen MR) is 171 cm³/mol. The molecule has 230 valence electrons. The first-order valence-corrected chi connectivity index (χ1v) is 15.9. The van der Waals surface area contributed by atoms with E-state index in [9.17, 15) is 13.2 Å². The lowest BCUT2D eigenvalue weighted by Crippen LogP contribution is -2.46. The lowest BCUT2D eigenvalue weighted by molar-refractivity contribution is -0.132. The maximum atomic E-state index is 14.0. The molecule has 0 fully saturated rings. The van der Waals surface area contributed by atoms with E-state index >= 15 is 0 Å². The summed E-state index contributed by atoms with van der Waals surface area (Å²) in [6.07, 6.45) is 2.57. The second-order valence-electron chi connectivity index (χ2n) is 12.0. The number of nitrogens with one attached hydrogen (secondary N) is 1. The number of para-hydroxylation sites is 1. The third-order valence-electron chi connectivity index (χ3n) is 7.69. The Hall–Kier alpha value is -3.82. The molecule has 1 heterocycles.